The first-order valence-corrected chi connectivity index (χ1v) is 10.5. The van der Waals surface area contributed by atoms with Crippen molar-refractivity contribution in [1.29, 1.82) is 0 Å². The number of guanidine groups is 1. The Hall–Kier alpha value is -3.42. The number of rotatable bonds is 6. The molecule has 0 spiro atoms. The van der Waals surface area contributed by atoms with Crippen molar-refractivity contribution in [2.75, 3.05) is 13.2 Å². The summed E-state index contributed by atoms with van der Waals surface area (Å²) in [6.07, 6.45) is 1.52. The first-order chi connectivity index (χ1) is 15.1. The minimum atomic E-state index is -0.221. The maximum Gasteiger partial charge on any atom is 0.192 e. The van der Waals surface area contributed by atoms with Gasteiger partial charge >= 0.3 is 0 Å². The monoisotopic (exact) mass is 422 g/mol. The van der Waals surface area contributed by atoms with Gasteiger partial charge in [-0.15, -0.1) is 10.2 Å². The van der Waals surface area contributed by atoms with Crippen molar-refractivity contribution in [1.82, 2.24) is 25.4 Å². The van der Waals surface area contributed by atoms with Crippen LogP contribution in [0.5, 0.6) is 5.75 Å². The van der Waals surface area contributed by atoms with Crippen molar-refractivity contribution in [2.45, 2.75) is 32.4 Å². The molecule has 1 aromatic heterocycles. The summed E-state index contributed by atoms with van der Waals surface area (Å²) in [6, 6.07) is 14.8. The number of para-hydroxylation sites is 1. The van der Waals surface area contributed by atoms with Crippen molar-refractivity contribution in [3.8, 4) is 5.75 Å². The molecule has 0 fully saturated rings. The molecule has 0 saturated carbocycles. The molecule has 0 radical (unpaired) electrons. The first kappa shape index (κ1) is 20.8. The standard InChI is InChI=1S/C23H27FN6O/c1-16-28-29-22(30(16)2)15-26-23(25-12-10-17-6-5-7-18(24)14-17)27-20-11-13-31-21-9-4-3-8-19(20)21/h3-9,14,20H,10-13,15H2,1-2H3,(H2,25,26,27). The fraction of sp³-hybridized carbons (Fsp3) is 0.348. The largest absolute Gasteiger partial charge is 0.493 e. The quantitative estimate of drug-likeness (QED) is 0.472. The number of halogens is 1. The van der Waals surface area contributed by atoms with Crippen LogP contribution in [0, 0.1) is 12.7 Å². The maximum absolute atomic E-state index is 13.5. The molecule has 1 aliphatic rings. The fourth-order valence-corrected chi connectivity index (χ4v) is 3.57. The number of aryl methyl sites for hydroxylation is 1. The minimum absolute atomic E-state index is 0.0894. The summed E-state index contributed by atoms with van der Waals surface area (Å²) in [7, 11) is 1.93. The molecular weight excluding hydrogens is 395 g/mol. The second-order valence-electron chi connectivity index (χ2n) is 7.57. The predicted octanol–water partition coefficient (Wildman–Crippen LogP) is 3.06. The Morgan fingerprint density at radius 1 is 1.23 bits per heavy atom. The molecule has 0 aliphatic carbocycles. The van der Waals surface area contributed by atoms with E-state index < -0.39 is 0 Å². The van der Waals surface area contributed by atoms with Crippen LogP contribution in [0.3, 0.4) is 0 Å². The van der Waals surface area contributed by atoms with Gasteiger partial charge in [0.2, 0.25) is 0 Å². The lowest BCUT2D eigenvalue weighted by atomic mass is 10.0. The zero-order chi connectivity index (χ0) is 21.6. The van der Waals surface area contributed by atoms with E-state index in [0.717, 1.165) is 34.9 Å². The van der Waals surface area contributed by atoms with Crippen LogP contribution >= 0.6 is 0 Å². The number of fused-ring (bicyclic) bond motifs is 1. The molecule has 2 aromatic carbocycles. The van der Waals surface area contributed by atoms with Crippen LogP contribution < -0.4 is 15.4 Å². The van der Waals surface area contributed by atoms with Crippen molar-refractivity contribution < 1.29 is 9.13 Å². The highest BCUT2D eigenvalue weighted by molar-refractivity contribution is 5.80. The highest BCUT2D eigenvalue weighted by Gasteiger charge is 2.22. The van der Waals surface area contributed by atoms with Gasteiger partial charge in [-0.3, -0.25) is 0 Å². The summed E-state index contributed by atoms with van der Waals surface area (Å²) >= 11 is 0. The molecule has 1 aliphatic heterocycles. The smallest absolute Gasteiger partial charge is 0.192 e. The fourth-order valence-electron chi connectivity index (χ4n) is 3.57. The van der Waals surface area contributed by atoms with Crippen LogP contribution in [0.4, 0.5) is 4.39 Å². The third kappa shape index (κ3) is 5.20. The summed E-state index contributed by atoms with van der Waals surface area (Å²) in [5.74, 6) is 2.99. The molecule has 0 saturated heterocycles. The predicted molar refractivity (Wildman–Crippen MR) is 117 cm³/mol. The Morgan fingerprint density at radius 3 is 2.90 bits per heavy atom. The van der Waals surface area contributed by atoms with E-state index in [1.54, 1.807) is 12.1 Å². The molecule has 1 unspecified atom stereocenters. The number of hydrogen-bond acceptors (Lipinski definition) is 4. The Morgan fingerprint density at radius 2 is 2.10 bits per heavy atom. The van der Waals surface area contributed by atoms with Crippen molar-refractivity contribution in [3.63, 3.8) is 0 Å². The molecule has 2 heterocycles. The van der Waals surface area contributed by atoms with Crippen molar-refractivity contribution >= 4 is 5.96 Å². The lowest BCUT2D eigenvalue weighted by Gasteiger charge is -2.28. The highest BCUT2D eigenvalue weighted by Crippen LogP contribution is 2.31. The Labute approximate surface area is 181 Å². The summed E-state index contributed by atoms with van der Waals surface area (Å²) < 4.78 is 21.2. The van der Waals surface area contributed by atoms with E-state index in [1.165, 1.54) is 6.07 Å². The minimum Gasteiger partial charge on any atom is -0.493 e. The van der Waals surface area contributed by atoms with Gasteiger partial charge in [0.25, 0.3) is 0 Å². The van der Waals surface area contributed by atoms with Crippen LogP contribution in [0.1, 0.15) is 35.2 Å². The van der Waals surface area contributed by atoms with E-state index >= 15 is 0 Å². The summed E-state index contributed by atoms with van der Waals surface area (Å²) in [5.41, 5.74) is 2.05. The average Bonchev–Trinajstić information content (AvgIpc) is 3.10. The van der Waals surface area contributed by atoms with Crippen LogP contribution in [-0.4, -0.2) is 33.9 Å². The second-order valence-corrected chi connectivity index (χ2v) is 7.57. The van der Waals surface area contributed by atoms with Gasteiger partial charge in [0.05, 0.1) is 12.6 Å². The molecule has 162 valence electrons. The average molecular weight is 423 g/mol. The summed E-state index contributed by atoms with van der Waals surface area (Å²) in [5, 5.41) is 15.2. The van der Waals surface area contributed by atoms with E-state index in [-0.39, 0.29) is 11.9 Å². The molecule has 3 aromatic rings. The van der Waals surface area contributed by atoms with E-state index in [9.17, 15) is 4.39 Å². The number of nitrogens with zero attached hydrogens (tertiary/aromatic N) is 4. The Bertz CT molecular complexity index is 1060. The molecular formula is C23H27FN6O. The van der Waals surface area contributed by atoms with Gasteiger partial charge in [0.1, 0.15) is 23.9 Å². The van der Waals surface area contributed by atoms with Crippen LogP contribution in [0.25, 0.3) is 0 Å². The van der Waals surface area contributed by atoms with Crippen LogP contribution in [-0.2, 0) is 20.0 Å². The van der Waals surface area contributed by atoms with Gasteiger partial charge in [-0.05, 0) is 37.1 Å². The third-order valence-corrected chi connectivity index (χ3v) is 5.43. The molecule has 0 bridgehead atoms. The molecule has 4 rings (SSSR count). The molecule has 0 amide bonds. The van der Waals surface area contributed by atoms with E-state index in [0.29, 0.717) is 32.1 Å². The Kier molecular flexibility index (Phi) is 6.45. The number of ether oxygens (including phenoxy) is 1. The molecule has 8 heteroatoms. The van der Waals surface area contributed by atoms with Crippen molar-refractivity contribution in [2.24, 2.45) is 12.0 Å². The normalized spacial score (nSPS) is 15.8. The van der Waals surface area contributed by atoms with Crippen molar-refractivity contribution in [3.05, 3.63) is 77.1 Å². The third-order valence-electron chi connectivity index (χ3n) is 5.43. The molecule has 31 heavy (non-hydrogen) atoms. The Balaban J connectivity index is 1.48. The second kappa shape index (κ2) is 9.59. The van der Waals surface area contributed by atoms with Gasteiger partial charge in [-0.25, -0.2) is 9.38 Å². The van der Waals surface area contributed by atoms with E-state index in [2.05, 4.69) is 26.9 Å². The SMILES string of the molecule is Cc1nnc(CN=C(NCCc2cccc(F)c2)NC2CCOc3ccccc32)n1C. The number of hydrogen-bond donors (Lipinski definition) is 2. The number of benzene rings is 2. The van der Waals surface area contributed by atoms with Crippen LogP contribution in [0.2, 0.25) is 0 Å². The van der Waals surface area contributed by atoms with Gasteiger partial charge in [0, 0.05) is 25.6 Å². The zero-order valence-corrected chi connectivity index (χ0v) is 17.8. The number of aliphatic imine (C=N–C) groups is 1. The van der Waals surface area contributed by atoms with Gasteiger partial charge < -0.3 is 19.9 Å². The molecule has 7 nitrogen and oxygen atoms in total. The first-order valence-electron chi connectivity index (χ1n) is 10.5. The lowest BCUT2D eigenvalue weighted by molar-refractivity contribution is 0.261. The number of aromatic nitrogens is 3. The maximum atomic E-state index is 13.5. The highest BCUT2D eigenvalue weighted by atomic mass is 19.1. The van der Waals surface area contributed by atoms with E-state index in [4.69, 9.17) is 9.73 Å². The summed E-state index contributed by atoms with van der Waals surface area (Å²) in [6.45, 7) is 3.58. The van der Waals surface area contributed by atoms with Gasteiger partial charge in [-0.1, -0.05) is 30.3 Å². The van der Waals surface area contributed by atoms with E-state index in [1.807, 2.05) is 42.8 Å². The molecule has 1 atom stereocenters. The van der Waals surface area contributed by atoms with Gasteiger partial charge in [0.15, 0.2) is 11.8 Å². The van der Waals surface area contributed by atoms with Crippen LogP contribution in [0.15, 0.2) is 53.5 Å². The summed E-state index contributed by atoms with van der Waals surface area (Å²) in [4.78, 5) is 4.74. The lowest BCUT2D eigenvalue weighted by Crippen LogP contribution is -2.42. The topological polar surface area (TPSA) is 76.4 Å². The molecule has 2 N–H and O–H groups in total. The number of nitrogens with one attached hydrogen (secondary N) is 2. The van der Waals surface area contributed by atoms with Gasteiger partial charge in [-0.2, -0.15) is 0 Å². The zero-order valence-electron chi connectivity index (χ0n) is 17.8.